The molecule has 7 heteroatoms. The van der Waals surface area contributed by atoms with E-state index in [2.05, 4.69) is 5.32 Å². The van der Waals surface area contributed by atoms with Crippen LogP contribution in [0.5, 0.6) is 0 Å². The molecule has 1 N–H and O–H groups in total. The Morgan fingerprint density at radius 1 is 1.22 bits per heavy atom. The molecule has 2 aromatic rings. The number of halogens is 2. The second-order valence-electron chi connectivity index (χ2n) is 6.80. The number of amides is 2. The van der Waals surface area contributed by atoms with Crippen LogP contribution in [0.25, 0.3) is 0 Å². The van der Waals surface area contributed by atoms with E-state index >= 15 is 0 Å². The summed E-state index contributed by atoms with van der Waals surface area (Å²) in [4.78, 5) is 28.7. The standard InChI is InChI=1S/C20H21Cl2N3O2/c1-13-9-19(26)23-17-5-3-4-6-18(17)25(13)20(27)12-24(2)11-14-7-8-15(21)16(22)10-14/h3-8,10,13H,9,11-12H2,1-2H3,(H,23,26). The third kappa shape index (κ3) is 4.61. The number of carbonyl (C=O) groups excluding carboxylic acids is 2. The Bertz CT molecular complexity index is 872. The lowest BCUT2D eigenvalue weighted by atomic mass is 10.1. The summed E-state index contributed by atoms with van der Waals surface area (Å²) in [5.74, 6) is -0.150. The lowest BCUT2D eigenvalue weighted by Gasteiger charge is -2.29. The first kappa shape index (κ1) is 19.7. The van der Waals surface area contributed by atoms with Crippen LogP contribution in [-0.4, -0.2) is 36.3 Å². The number of carbonyl (C=O) groups is 2. The maximum absolute atomic E-state index is 13.1. The Balaban J connectivity index is 1.76. The van der Waals surface area contributed by atoms with Gasteiger partial charge in [-0.05, 0) is 43.8 Å². The minimum absolute atomic E-state index is 0.0611. The van der Waals surface area contributed by atoms with Crippen molar-refractivity contribution < 1.29 is 9.59 Å². The van der Waals surface area contributed by atoms with Gasteiger partial charge in [-0.2, -0.15) is 0 Å². The molecule has 27 heavy (non-hydrogen) atoms. The number of para-hydroxylation sites is 2. The maximum atomic E-state index is 13.1. The van der Waals surface area contributed by atoms with Crippen LogP contribution in [0.15, 0.2) is 42.5 Å². The highest BCUT2D eigenvalue weighted by Crippen LogP contribution is 2.31. The van der Waals surface area contributed by atoms with Crippen LogP contribution in [-0.2, 0) is 16.1 Å². The Kier molecular flexibility index (Phi) is 6.05. The number of likely N-dealkylation sites (N-methyl/N-ethyl adjacent to an activating group) is 1. The van der Waals surface area contributed by atoms with Crippen molar-refractivity contribution in [1.29, 1.82) is 0 Å². The van der Waals surface area contributed by atoms with Crippen LogP contribution in [0.1, 0.15) is 18.9 Å². The molecule has 142 valence electrons. The van der Waals surface area contributed by atoms with Gasteiger partial charge in [0.2, 0.25) is 11.8 Å². The van der Waals surface area contributed by atoms with Crippen molar-refractivity contribution in [1.82, 2.24) is 4.90 Å². The zero-order valence-electron chi connectivity index (χ0n) is 15.2. The largest absolute Gasteiger partial charge is 0.324 e. The van der Waals surface area contributed by atoms with E-state index in [9.17, 15) is 9.59 Å². The van der Waals surface area contributed by atoms with Gasteiger partial charge in [-0.25, -0.2) is 0 Å². The molecule has 0 aromatic heterocycles. The van der Waals surface area contributed by atoms with Gasteiger partial charge in [0.25, 0.3) is 0 Å². The van der Waals surface area contributed by atoms with Gasteiger partial charge < -0.3 is 10.2 Å². The van der Waals surface area contributed by atoms with Crippen LogP contribution >= 0.6 is 23.2 Å². The molecule has 3 rings (SSSR count). The Morgan fingerprint density at radius 2 is 1.96 bits per heavy atom. The quantitative estimate of drug-likeness (QED) is 0.829. The molecule has 0 saturated heterocycles. The molecule has 0 saturated carbocycles. The summed E-state index contributed by atoms with van der Waals surface area (Å²) < 4.78 is 0. The summed E-state index contributed by atoms with van der Waals surface area (Å²) in [5, 5.41) is 3.87. The highest BCUT2D eigenvalue weighted by atomic mass is 35.5. The molecular weight excluding hydrogens is 385 g/mol. The molecule has 0 spiro atoms. The van der Waals surface area contributed by atoms with Gasteiger partial charge in [0, 0.05) is 19.0 Å². The van der Waals surface area contributed by atoms with Crippen molar-refractivity contribution in [2.24, 2.45) is 0 Å². The van der Waals surface area contributed by atoms with E-state index in [-0.39, 0.29) is 30.8 Å². The molecule has 5 nitrogen and oxygen atoms in total. The smallest absolute Gasteiger partial charge is 0.241 e. The van der Waals surface area contributed by atoms with Crippen molar-refractivity contribution in [3.63, 3.8) is 0 Å². The zero-order chi connectivity index (χ0) is 19.6. The zero-order valence-corrected chi connectivity index (χ0v) is 16.7. The number of hydrogen-bond donors (Lipinski definition) is 1. The van der Waals surface area contributed by atoms with Gasteiger partial charge in [-0.1, -0.05) is 41.4 Å². The topological polar surface area (TPSA) is 52.7 Å². The fraction of sp³-hybridized carbons (Fsp3) is 0.300. The first-order valence-electron chi connectivity index (χ1n) is 8.68. The summed E-state index contributed by atoms with van der Waals surface area (Å²) in [5.41, 5.74) is 2.36. The molecule has 0 bridgehead atoms. The van der Waals surface area contributed by atoms with Crippen molar-refractivity contribution >= 4 is 46.4 Å². The summed E-state index contributed by atoms with van der Waals surface area (Å²) >= 11 is 12.0. The minimum atomic E-state index is -0.223. The van der Waals surface area contributed by atoms with E-state index in [0.29, 0.717) is 22.3 Å². The van der Waals surface area contributed by atoms with E-state index in [1.165, 1.54) is 0 Å². The van der Waals surface area contributed by atoms with Crippen LogP contribution in [0.4, 0.5) is 11.4 Å². The van der Waals surface area contributed by atoms with Crippen LogP contribution in [0.3, 0.4) is 0 Å². The van der Waals surface area contributed by atoms with Crippen LogP contribution < -0.4 is 10.2 Å². The predicted molar refractivity (Wildman–Crippen MR) is 109 cm³/mol. The normalized spacial score (nSPS) is 16.7. The third-order valence-corrected chi connectivity index (χ3v) is 5.21. The van der Waals surface area contributed by atoms with E-state index in [1.807, 2.05) is 49.2 Å². The summed E-state index contributed by atoms with van der Waals surface area (Å²) in [6.45, 7) is 2.66. The number of anilines is 2. The number of rotatable bonds is 4. The molecule has 0 radical (unpaired) electrons. The fourth-order valence-corrected chi connectivity index (χ4v) is 3.60. The van der Waals surface area contributed by atoms with Crippen molar-refractivity contribution in [3.8, 4) is 0 Å². The Morgan fingerprint density at radius 3 is 2.70 bits per heavy atom. The van der Waals surface area contributed by atoms with Gasteiger partial charge in [0.05, 0.1) is 28.0 Å². The lowest BCUT2D eigenvalue weighted by Crippen LogP contribution is -2.44. The van der Waals surface area contributed by atoms with Gasteiger partial charge in [-0.15, -0.1) is 0 Å². The molecule has 2 amide bonds. The third-order valence-electron chi connectivity index (χ3n) is 4.47. The molecule has 1 unspecified atom stereocenters. The van der Waals surface area contributed by atoms with Gasteiger partial charge in [0.15, 0.2) is 0 Å². The highest BCUT2D eigenvalue weighted by molar-refractivity contribution is 6.42. The molecule has 0 fully saturated rings. The molecule has 1 aliphatic heterocycles. The average molecular weight is 406 g/mol. The number of benzene rings is 2. The monoisotopic (exact) mass is 405 g/mol. The van der Waals surface area contributed by atoms with Gasteiger partial charge >= 0.3 is 0 Å². The second kappa shape index (κ2) is 8.30. The lowest BCUT2D eigenvalue weighted by molar-refractivity contribution is -0.120. The van der Waals surface area contributed by atoms with E-state index in [0.717, 1.165) is 11.3 Å². The van der Waals surface area contributed by atoms with Crippen LogP contribution in [0.2, 0.25) is 10.0 Å². The predicted octanol–water partition coefficient (Wildman–Crippen LogP) is 4.19. The fourth-order valence-electron chi connectivity index (χ4n) is 3.28. The second-order valence-corrected chi connectivity index (χ2v) is 7.62. The van der Waals surface area contributed by atoms with Crippen molar-refractivity contribution in [3.05, 3.63) is 58.1 Å². The Hall–Kier alpha value is -2.08. The molecule has 1 atom stereocenters. The SMILES string of the molecule is CC1CC(=O)Nc2ccccc2N1C(=O)CN(C)Cc1ccc(Cl)c(Cl)c1. The number of hydrogen-bond acceptors (Lipinski definition) is 3. The summed E-state index contributed by atoms with van der Waals surface area (Å²) in [6, 6.07) is 12.6. The van der Waals surface area contributed by atoms with E-state index < -0.39 is 0 Å². The first-order valence-corrected chi connectivity index (χ1v) is 9.44. The Labute approximate surface area is 168 Å². The minimum Gasteiger partial charge on any atom is -0.324 e. The first-order chi connectivity index (χ1) is 12.8. The molecule has 2 aromatic carbocycles. The van der Waals surface area contributed by atoms with E-state index in [4.69, 9.17) is 23.2 Å². The molecular formula is C20H21Cl2N3O2. The highest BCUT2D eigenvalue weighted by Gasteiger charge is 2.29. The van der Waals surface area contributed by atoms with E-state index in [1.54, 1.807) is 17.0 Å². The number of nitrogens with zero attached hydrogens (tertiary/aromatic N) is 2. The average Bonchev–Trinajstić information content (AvgIpc) is 2.72. The molecule has 1 aliphatic rings. The maximum Gasteiger partial charge on any atom is 0.241 e. The van der Waals surface area contributed by atoms with Crippen LogP contribution in [0, 0.1) is 0 Å². The summed E-state index contributed by atoms with van der Waals surface area (Å²) in [6.07, 6.45) is 0.261. The molecule has 1 heterocycles. The summed E-state index contributed by atoms with van der Waals surface area (Å²) in [7, 11) is 1.87. The van der Waals surface area contributed by atoms with Crippen molar-refractivity contribution in [2.75, 3.05) is 23.8 Å². The van der Waals surface area contributed by atoms with Crippen molar-refractivity contribution in [2.45, 2.75) is 25.9 Å². The number of nitrogens with one attached hydrogen (secondary N) is 1. The molecule has 0 aliphatic carbocycles. The van der Waals surface area contributed by atoms with Gasteiger partial charge in [0.1, 0.15) is 0 Å². The number of fused-ring (bicyclic) bond motifs is 1. The van der Waals surface area contributed by atoms with Gasteiger partial charge in [-0.3, -0.25) is 14.5 Å².